The number of nitrogens with zero attached hydrogens (tertiary/aromatic N) is 3. The summed E-state index contributed by atoms with van der Waals surface area (Å²) >= 11 is 3.08. The van der Waals surface area contributed by atoms with E-state index in [4.69, 9.17) is 4.74 Å². The highest BCUT2D eigenvalue weighted by Crippen LogP contribution is 2.26. The maximum Gasteiger partial charge on any atom is 0.275 e. The van der Waals surface area contributed by atoms with Crippen LogP contribution < -0.4 is 10.2 Å². The van der Waals surface area contributed by atoms with Gasteiger partial charge in [-0.05, 0) is 37.4 Å². The maximum absolute atomic E-state index is 12.5. The van der Waals surface area contributed by atoms with Crippen LogP contribution in [0.5, 0.6) is 0 Å². The zero-order valence-electron chi connectivity index (χ0n) is 15.1. The molecule has 0 spiro atoms. The summed E-state index contributed by atoms with van der Waals surface area (Å²) < 4.78 is 5.76. The SMILES string of the molecule is C[C@@H]1CN(c2ccc(NC(=O)c3csc(-c4ccsc4)n3)cn2)C[C@H](C)O1. The first-order valence-electron chi connectivity index (χ1n) is 8.74. The van der Waals surface area contributed by atoms with Crippen LogP contribution in [-0.4, -0.2) is 41.2 Å². The molecule has 1 fully saturated rings. The van der Waals surface area contributed by atoms with Gasteiger partial charge in [-0.1, -0.05) is 0 Å². The lowest BCUT2D eigenvalue weighted by Crippen LogP contribution is -2.45. The van der Waals surface area contributed by atoms with E-state index < -0.39 is 0 Å². The number of amides is 1. The van der Waals surface area contributed by atoms with Crippen molar-refractivity contribution < 1.29 is 9.53 Å². The Kier molecular flexibility index (Phi) is 5.20. The molecule has 0 radical (unpaired) electrons. The van der Waals surface area contributed by atoms with Crippen molar-refractivity contribution in [2.75, 3.05) is 23.3 Å². The molecule has 140 valence electrons. The van der Waals surface area contributed by atoms with Crippen LogP contribution in [0.1, 0.15) is 24.3 Å². The zero-order chi connectivity index (χ0) is 18.8. The first-order valence-corrected chi connectivity index (χ1v) is 10.6. The predicted octanol–water partition coefficient (Wildman–Crippen LogP) is 4.13. The number of pyridine rings is 1. The maximum atomic E-state index is 12.5. The van der Waals surface area contributed by atoms with Crippen molar-refractivity contribution in [2.24, 2.45) is 0 Å². The lowest BCUT2D eigenvalue weighted by Gasteiger charge is -2.36. The second-order valence-corrected chi connectivity index (χ2v) is 8.21. The summed E-state index contributed by atoms with van der Waals surface area (Å²) in [6.45, 7) is 5.76. The van der Waals surface area contributed by atoms with Gasteiger partial charge in [0, 0.05) is 29.4 Å². The van der Waals surface area contributed by atoms with E-state index in [0.717, 1.165) is 29.5 Å². The third-order valence-corrected chi connectivity index (χ3v) is 5.83. The smallest absolute Gasteiger partial charge is 0.275 e. The quantitative estimate of drug-likeness (QED) is 0.713. The lowest BCUT2D eigenvalue weighted by molar-refractivity contribution is -0.00545. The second-order valence-electron chi connectivity index (χ2n) is 6.57. The van der Waals surface area contributed by atoms with Crippen LogP contribution in [0.4, 0.5) is 11.5 Å². The summed E-state index contributed by atoms with van der Waals surface area (Å²) in [4.78, 5) is 23.6. The molecule has 1 aliphatic heterocycles. The highest BCUT2D eigenvalue weighted by Gasteiger charge is 2.23. The normalized spacial score (nSPS) is 19.9. The Labute approximate surface area is 165 Å². The minimum absolute atomic E-state index is 0.178. The number of aromatic nitrogens is 2. The van der Waals surface area contributed by atoms with Crippen molar-refractivity contribution in [1.82, 2.24) is 9.97 Å². The molecule has 4 rings (SSSR count). The third kappa shape index (κ3) is 4.18. The van der Waals surface area contributed by atoms with Gasteiger partial charge in [0.15, 0.2) is 0 Å². The van der Waals surface area contributed by atoms with Crippen molar-refractivity contribution in [2.45, 2.75) is 26.1 Å². The van der Waals surface area contributed by atoms with Crippen LogP contribution in [0.25, 0.3) is 10.6 Å². The molecule has 8 heteroatoms. The van der Waals surface area contributed by atoms with Crippen molar-refractivity contribution in [1.29, 1.82) is 0 Å². The van der Waals surface area contributed by atoms with E-state index in [1.54, 1.807) is 22.9 Å². The molecule has 0 unspecified atom stereocenters. The van der Waals surface area contributed by atoms with Crippen LogP contribution in [0.15, 0.2) is 40.5 Å². The molecule has 6 nitrogen and oxygen atoms in total. The number of morpholine rings is 1. The summed E-state index contributed by atoms with van der Waals surface area (Å²) in [6, 6.07) is 5.80. The summed E-state index contributed by atoms with van der Waals surface area (Å²) in [5.41, 5.74) is 2.12. The molecule has 1 saturated heterocycles. The summed E-state index contributed by atoms with van der Waals surface area (Å²) in [6.07, 6.45) is 2.04. The number of anilines is 2. The van der Waals surface area contributed by atoms with Crippen molar-refractivity contribution in [3.05, 3.63) is 46.2 Å². The van der Waals surface area contributed by atoms with Crippen LogP contribution in [0.2, 0.25) is 0 Å². The van der Waals surface area contributed by atoms with Gasteiger partial charge in [-0.2, -0.15) is 11.3 Å². The molecule has 0 bridgehead atoms. The van der Waals surface area contributed by atoms with E-state index in [1.165, 1.54) is 11.3 Å². The highest BCUT2D eigenvalue weighted by molar-refractivity contribution is 7.14. The third-order valence-electron chi connectivity index (χ3n) is 4.25. The van der Waals surface area contributed by atoms with Crippen LogP contribution in [0.3, 0.4) is 0 Å². The zero-order valence-corrected chi connectivity index (χ0v) is 16.7. The Balaban J connectivity index is 1.42. The Morgan fingerprint density at radius 1 is 1.22 bits per heavy atom. The molecule has 1 amide bonds. The van der Waals surface area contributed by atoms with Gasteiger partial charge in [0.1, 0.15) is 16.5 Å². The molecular formula is C19H20N4O2S2. The molecule has 27 heavy (non-hydrogen) atoms. The monoisotopic (exact) mass is 400 g/mol. The standard InChI is InChI=1S/C19H20N4O2S2/c1-12-8-23(9-13(2)25-12)17-4-3-15(7-20-17)21-18(24)16-11-27-19(22-16)14-5-6-26-10-14/h3-7,10-13H,8-9H2,1-2H3,(H,21,24)/t12-,13+. The Hall–Kier alpha value is -2.29. The van der Waals surface area contributed by atoms with E-state index in [0.29, 0.717) is 11.4 Å². The van der Waals surface area contributed by atoms with Gasteiger partial charge < -0.3 is 15.0 Å². The van der Waals surface area contributed by atoms with E-state index in [2.05, 4.69) is 34.0 Å². The van der Waals surface area contributed by atoms with Gasteiger partial charge in [0.2, 0.25) is 0 Å². The number of carbonyl (C=O) groups is 1. The Morgan fingerprint density at radius 3 is 2.70 bits per heavy atom. The first kappa shape index (κ1) is 18.1. The fraction of sp³-hybridized carbons (Fsp3) is 0.316. The largest absolute Gasteiger partial charge is 0.372 e. The number of ether oxygens (including phenoxy) is 1. The number of hydrogen-bond donors (Lipinski definition) is 1. The predicted molar refractivity (Wildman–Crippen MR) is 110 cm³/mol. The molecular weight excluding hydrogens is 380 g/mol. The van der Waals surface area contributed by atoms with E-state index in [-0.39, 0.29) is 18.1 Å². The molecule has 2 atom stereocenters. The van der Waals surface area contributed by atoms with Gasteiger partial charge >= 0.3 is 0 Å². The average molecular weight is 401 g/mol. The molecule has 0 saturated carbocycles. The van der Waals surface area contributed by atoms with E-state index >= 15 is 0 Å². The number of hydrogen-bond acceptors (Lipinski definition) is 7. The second kappa shape index (κ2) is 7.75. The molecule has 0 aromatic carbocycles. The number of carbonyl (C=O) groups excluding carboxylic acids is 1. The number of rotatable bonds is 4. The van der Waals surface area contributed by atoms with E-state index in [9.17, 15) is 4.79 Å². The lowest BCUT2D eigenvalue weighted by atomic mass is 10.2. The highest BCUT2D eigenvalue weighted by atomic mass is 32.1. The topological polar surface area (TPSA) is 67.4 Å². The van der Waals surface area contributed by atoms with Gasteiger partial charge in [0.05, 0.1) is 24.1 Å². The van der Waals surface area contributed by atoms with Gasteiger partial charge in [-0.15, -0.1) is 11.3 Å². The Bertz CT molecular complexity index is 898. The molecule has 3 aromatic heterocycles. The minimum Gasteiger partial charge on any atom is -0.372 e. The summed E-state index contributed by atoms with van der Waals surface area (Å²) in [5.74, 6) is 0.666. The van der Waals surface area contributed by atoms with Gasteiger partial charge in [-0.25, -0.2) is 9.97 Å². The summed E-state index contributed by atoms with van der Waals surface area (Å²) in [7, 11) is 0. The van der Waals surface area contributed by atoms with Gasteiger partial charge in [0.25, 0.3) is 5.91 Å². The number of thiazole rings is 1. The van der Waals surface area contributed by atoms with Crippen molar-refractivity contribution in [3.8, 4) is 10.6 Å². The fourth-order valence-corrected chi connectivity index (χ4v) is 4.62. The number of nitrogens with one attached hydrogen (secondary N) is 1. The molecule has 4 heterocycles. The molecule has 1 N–H and O–H groups in total. The van der Waals surface area contributed by atoms with Gasteiger partial charge in [-0.3, -0.25) is 4.79 Å². The minimum atomic E-state index is -0.226. The molecule has 3 aromatic rings. The molecule has 0 aliphatic carbocycles. The van der Waals surface area contributed by atoms with E-state index in [1.807, 2.05) is 29.0 Å². The van der Waals surface area contributed by atoms with Crippen LogP contribution in [-0.2, 0) is 4.74 Å². The van der Waals surface area contributed by atoms with Crippen LogP contribution in [0, 0.1) is 0 Å². The summed E-state index contributed by atoms with van der Waals surface area (Å²) in [5, 5.41) is 9.52. The average Bonchev–Trinajstić information content (AvgIpc) is 3.33. The fourth-order valence-electron chi connectivity index (χ4n) is 3.10. The molecule has 1 aliphatic rings. The van der Waals surface area contributed by atoms with Crippen LogP contribution >= 0.6 is 22.7 Å². The first-order chi connectivity index (χ1) is 13.1. The van der Waals surface area contributed by atoms with Crippen molar-refractivity contribution >= 4 is 40.1 Å². The van der Waals surface area contributed by atoms with Crippen molar-refractivity contribution in [3.63, 3.8) is 0 Å². The number of thiophene rings is 1. The Morgan fingerprint density at radius 2 is 2.04 bits per heavy atom.